The van der Waals surface area contributed by atoms with Gasteiger partial charge < -0.3 is 4.74 Å². The molecule has 0 heterocycles. The van der Waals surface area contributed by atoms with Crippen molar-refractivity contribution in [3.05, 3.63) is 0 Å². The number of hydrogen-bond acceptors (Lipinski definition) is 2. The number of unbranched alkanes of at least 4 members (excludes halogenated alkanes) is 3. The molecular weight excluding hydrogens is 212 g/mol. The minimum Gasteiger partial charge on any atom is -0.466 e. The van der Waals surface area contributed by atoms with Gasteiger partial charge >= 0.3 is 5.97 Å². The van der Waals surface area contributed by atoms with Crippen LogP contribution >= 0.6 is 0 Å². The molecule has 0 aromatic heterocycles. The number of esters is 1. The molecule has 1 fully saturated rings. The van der Waals surface area contributed by atoms with Crippen molar-refractivity contribution in [2.45, 2.75) is 77.6 Å². The molecule has 0 radical (unpaired) electrons. The Morgan fingerprint density at radius 3 is 2.59 bits per heavy atom. The van der Waals surface area contributed by atoms with Crippen LogP contribution in [0.3, 0.4) is 0 Å². The lowest BCUT2D eigenvalue weighted by Gasteiger charge is -2.20. The van der Waals surface area contributed by atoms with Crippen molar-refractivity contribution in [2.24, 2.45) is 5.92 Å². The standard InChI is InChI=1S/C15H28O2/c1-2-3-4-8-13-17-15(16)12-11-14-9-6-5-7-10-14/h14H,2-13H2,1H3. The van der Waals surface area contributed by atoms with E-state index in [9.17, 15) is 4.79 Å². The van der Waals surface area contributed by atoms with E-state index in [1.807, 2.05) is 0 Å². The molecule has 1 aliphatic rings. The van der Waals surface area contributed by atoms with Crippen LogP contribution < -0.4 is 0 Å². The first-order valence-electron chi connectivity index (χ1n) is 7.48. The van der Waals surface area contributed by atoms with Gasteiger partial charge in [-0.1, -0.05) is 58.3 Å². The molecule has 100 valence electrons. The minimum atomic E-state index is 0.0204. The first-order valence-corrected chi connectivity index (χ1v) is 7.48. The van der Waals surface area contributed by atoms with Crippen LogP contribution in [0.1, 0.15) is 77.6 Å². The van der Waals surface area contributed by atoms with Crippen molar-refractivity contribution in [1.82, 2.24) is 0 Å². The van der Waals surface area contributed by atoms with Crippen molar-refractivity contribution in [3.8, 4) is 0 Å². The van der Waals surface area contributed by atoms with Gasteiger partial charge in [-0.3, -0.25) is 4.79 Å². The third-order valence-corrected chi connectivity index (χ3v) is 3.74. The second-order valence-electron chi connectivity index (χ2n) is 5.32. The Labute approximate surface area is 106 Å². The fourth-order valence-electron chi connectivity index (χ4n) is 2.58. The monoisotopic (exact) mass is 240 g/mol. The fourth-order valence-corrected chi connectivity index (χ4v) is 2.58. The summed E-state index contributed by atoms with van der Waals surface area (Å²) in [6, 6.07) is 0. The van der Waals surface area contributed by atoms with Gasteiger partial charge in [-0.05, 0) is 18.8 Å². The van der Waals surface area contributed by atoms with Gasteiger partial charge in [0.25, 0.3) is 0 Å². The summed E-state index contributed by atoms with van der Waals surface area (Å²) < 4.78 is 5.24. The number of carbonyl (C=O) groups excluding carboxylic acids is 1. The molecule has 0 aromatic rings. The van der Waals surface area contributed by atoms with Crippen molar-refractivity contribution in [1.29, 1.82) is 0 Å². The van der Waals surface area contributed by atoms with Gasteiger partial charge in [-0.15, -0.1) is 0 Å². The van der Waals surface area contributed by atoms with Crippen molar-refractivity contribution < 1.29 is 9.53 Å². The van der Waals surface area contributed by atoms with Crippen LogP contribution in [0.5, 0.6) is 0 Å². The highest BCUT2D eigenvalue weighted by molar-refractivity contribution is 5.69. The molecule has 1 saturated carbocycles. The van der Waals surface area contributed by atoms with E-state index < -0.39 is 0 Å². The van der Waals surface area contributed by atoms with Gasteiger partial charge in [0, 0.05) is 6.42 Å². The van der Waals surface area contributed by atoms with E-state index in [1.165, 1.54) is 51.4 Å². The quantitative estimate of drug-likeness (QED) is 0.462. The van der Waals surface area contributed by atoms with Crippen LogP contribution in [0.25, 0.3) is 0 Å². The van der Waals surface area contributed by atoms with Crippen LogP contribution in [0, 0.1) is 5.92 Å². The van der Waals surface area contributed by atoms with Crippen molar-refractivity contribution >= 4 is 5.97 Å². The molecule has 0 unspecified atom stereocenters. The molecular formula is C15H28O2. The molecule has 0 atom stereocenters. The van der Waals surface area contributed by atoms with Crippen LogP contribution in [0.15, 0.2) is 0 Å². The maximum atomic E-state index is 11.5. The summed E-state index contributed by atoms with van der Waals surface area (Å²) in [7, 11) is 0. The summed E-state index contributed by atoms with van der Waals surface area (Å²) in [5.41, 5.74) is 0. The SMILES string of the molecule is CCCCCCOC(=O)CCC1CCCCC1. The summed E-state index contributed by atoms with van der Waals surface area (Å²) in [5.74, 6) is 0.809. The van der Waals surface area contributed by atoms with E-state index in [0.29, 0.717) is 13.0 Å². The molecule has 17 heavy (non-hydrogen) atoms. The number of ether oxygens (including phenoxy) is 1. The molecule has 0 aromatic carbocycles. The van der Waals surface area contributed by atoms with Gasteiger partial charge in [0.15, 0.2) is 0 Å². The second-order valence-corrected chi connectivity index (χ2v) is 5.32. The molecule has 1 rings (SSSR count). The predicted molar refractivity (Wildman–Crippen MR) is 70.9 cm³/mol. The summed E-state index contributed by atoms with van der Waals surface area (Å²) in [6.45, 7) is 2.82. The zero-order valence-electron chi connectivity index (χ0n) is 11.4. The van der Waals surface area contributed by atoms with Gasteiger partial charge in [-0.25, -0.2) is 0 Å². The van der Waals surface area contributed by atoms with Crippen molar-refractivity contribution in [3.63, 3.8) is 0 Å². The zero-order chi connectivity index (χ0) is 12.3. The molecule has 0 saturated heterocycles. The highest BCUT2D eigenvalue weighted by Gasteiger charge is 2.15. The molecule has 2 nitrogen and oxygen atoms in total. The molecule has 2 heteroatoms. The molecule has 0 aliphatic heterocycles. The number of rotatable bonds is 8. The largest absolute Gasteiger partial charge is 0.466 e. The Balaban J connectivity index is 1.93. The molecule has 0 spiro atoms. The van der Waals surface area contributed by atoms with Crippen LogP contribution in [0.4, 0.5) is 0 Å². The molecule has 0 bridgehead atoms. The van der Waals surface area contributed by atoms with Crippen LogP contribution in [0.2, 0.25) is 0 Å². The summed E-state index contributed by atoms with van der Waals surface area (Å²) in [6.07, 6.45) is 13.1. The maximum Gasteiger partial charge on any atom is 0.305 e. The maximum absolute atomic E-state index is 11.5. The van der Waals surface area contributed by atoms with E-state index >= 15 is 0 Å². The average Bonchev–Trinajstić information content (AvgIpc) is 2.37. The minimum absolute atomic E-state index is 0.0204. The average molecular weight is 240 g/mol. The normalized spacial score (nSPS) is 17.0. The highest BCUT2D eigenvalue weighted by atomic mass is 16.5. The van der Waals surface area contributed by atoms with Crippen LogP contribution in [-0.4, -0.2) is 12.6 Å². The topological polar surface area (TPSA) is 26.3 Å². The smallest absolute Gasteiger partial charge is 0.305 e. The van der Waals surface area contributed by atoms with E-state index in [2.05, 4.69) is 6.92 Å². The van der Waals surface area contributed by atoms with Gasteiger partial charge in [0.05, 0.1) is 6.61 Å². The van der Waals surface area contributed by atoms with Gasteiger partial charge in [0.2, 0.25) is 0 Å². The Morgan fingerprint density at radius 1 is 1.12 bits per heavy atom. The Bertz CT molecular complexity index is 195. The van der Waals surface area contributed by atoms with Gasteiger partial charge in [-0.2, -0.15) is 0 Å². The van der Waals surface area contributed by atoms with Gasteiger partial charge in [0.1, 0.15) is 0 Å². The van der Waals surface area contributed by atoms with E-state index in [4.69, 9.17) is 4.74 Å². The van der Waals surface area contributed by atoms with Crippen LogP contribution in [-0.2, 0) is 9.53 Å². The highest BCUT2D eigenvalue weighted by Crippen LogP contribution is 2.27. The Kier molecular flexibility index (Phi) is 8.12. The lowest BCUT2D eigenvalue weighted by molar-refractivity contribution is -0.144. The Morgan fingerprint density at radius 2 is 1.88 bits per heavy atom. The van der Waals surface area contributed by atoms with Crippen molar-refractivity contribution in [2.75, 3.05) is 6.61 Å². The third-order valence-electron chi connectivity index (χ3n) is 3.74. The zero-order valence-corrected chi connectivity index (χ0v) is 11.4. The summed E-state index contributed by atoms with van der Waals surface area (Å²) in [5, 5.41) is 0. The third kappa shape index (κ3) is 7.40. The van der Waals surface area contributed by atoms with E-state index in [1.54, 1.807) is 0 Å². The van der Waals surface area contributed by atoms with E-state index in [0.717, 1.165) is 18.8 Å². The molecule has 0 N–H and O–H groups in total. The fraction of sp³-hybridized carbons (Fsp3) is 0.933. The van der Waals surface area contributed by atoms with E-state index in [-0.39, 0.29) is 5.97 Å². The first kappa shape index (κ1) is 14.5. The number of hydrogen-bond donors (Lipinski definition) is 0. The lowest BCUT2D eigenvalue weighted by atomic mass is 9.86. The molecule has 0 amide bonds. The molecule has 1 aliphatic carbocycles. The first-order chi connectivity index (χ1) is 8.33. The predicted octanol–water partition coefficient (Wildman–Crippen LogP) is 4.47. The second kappa shape index (κ2) is 9.49. The summed E-state index contributed by atoms with van der Waals surface area (Å²) >= 11 is 0. The number of carbonyl (C=O) groups is 1. The lowest BCUT2D eigenvalue weighted by Crippen LogP contribution is -2.11. The Hall–Kier alpha value is -0.530. The summed E-state index contributed by atoms with van der Waals surface area (Å²) in [4.78, 5) is 11.5.